The number of rotatable bonds is 3. The number of esters is 1. The molecule has 0 N–H and O–H groups in total. The molecule has 0 radical (unpaired) electrons. The third kappa shape index (κ3) is 3.06. The van der Waals surface area contributed by atoms with E-state index in [1.54, 1.807) is 13.2 Å². The van der Waals surface area contributed by atoms with Crippen LogP contribution in [0.5, 0.6) is 5.75 Å². The van der Waals surface area contributed by atoms with E-state index in [1.807, 2.05) is 25.1 Å². The van der Waals surface area contributed by atoms with Crippen LogP contribution in [-0.2, 0) is 9.53 Å². The molecule has 1 aromatic rings. The zero-order valence-electron chi connectivity index (χ0n) is 13.1. The molecule has 1 aliphatic heterocycles. The van der Waals surface area contributed by atoms with Crippen LogP contribution < -0.4 is 4.74 Å². The molecule has 0 spiro atoms. The highest BCUT2D eigenvalue weighted by molar-refractivity contribution is 6.08. The molecule has 22 heavy (non-hydrogen) atoms. The molecule has 4 nitrogen and oxygen atoms in total. The number of methoxy groups -OCH3 is 1. The van der Waals surface area contributed by atoms with Crippen LogP contribution in [0.4, 0.5) is 0 Å². The van der Waals surface area contributed by atoms with Crippen molar-refractivity contribution in [1.82, 2.24) is 0 Å². The molecule has 1 aliphatic carbocycles. The summed E-state index contributed by atoms with van der Waals surface area (Å²) in [7, 11) is 1.62. The number of ether oxygens (including phenoxy) is 2. The van der Waals surface area contributed by atoms with Gasteiger partial charge in [0.15, 0.2) is 5.70 Å². The fourth-order valence-electron chi connectivity index (χ4n) is 3.06. The zero-order valence-corrected chi connectivity index (χ0v) is 13.1. The number of carbonyl (C=O) groups is 1. The van der Waals surface area contributed by atoms with E-state index in [1.165, 1.54) is 19.3 Å². The first-order valence-corrected chi connectivity index (χ1v) is 7.84. The van der Waals surface area contributed by atoms with E-state index in [9.17, 15) is 4.79 Å². The number of hydrogen-bond acceptors (Lipinski definition) is 4. The molecular weight excluding hydrogens is 278 g/mol. The number of nitrogens with zero attached hydrogens (tertiary/aromatic N) is 1. The van der Waals surface area contributed by atoms with E-state index < -0.39 is 0 Å². The number of cyclic esters (lactones) is 1. The number of aryl methyl sites for hydroxylation is 1. The zero-order chi connectivity index (χ0) is 15.5. The van der Waals surface area contributed by atoms with Gasteiger partial charge < -0.3 is 9.47 Å². The van der Waals surface area contributed by atoms with Crippen molar-refractivity contribution in [2.75, 3.05) is 7.11 Å². The van der Waals surface area contributed by atoms with E-state index in [2.05, 4.69) is 4.99 Å². The first-order chi connectivity index (χ1) is 10.7. The average Bonchev–Trinajstić information content (AvgIpc) is 2.90. The monoisotopic (exact) mass is 299 g/mol. The predicted molar refractivity (Wildman–Crippen MR) is 85.8 cm³/mol. The highest BCUT2D eigenvalue weighted by atomic mass is 16.6. The molecule has 2 aliphatic rings. The second-order valence-corrected chi connectivity index (χ2v) is 5.95. The normalized spacial score (nSPS) is 20.9. The fraction of sp³-hybridized carbons (Fsp3) is 0.444. The molecule has 4 heteroatoms. The first kappa shape index (κ1) is 14.8. The minimum atomic E-state index is -0.357. The van der Waals surface area contributed by atoms with Gasteiger partial charge in [-0.2, -0.15) is 0 Å². The molecule has 1 saturated carbocycles. The fourth-order valence-corrected chi connectivity index (χ4v) is 3.06. The maximum atomic E-state index is 12.1. The standard InChI is InChI=1S/C18H21NO3/c1-12-8-9-16(21-2)14(10-12)11-15-18(20)22-17(19-15)13-6-4-3-5-7-13/h8-11,13H,3-7H2,1-2H3/b15-11+. The molecule has 1 fully saturated rings. The summed E-state index contributed by atoms with van der Waals surface area (Å²) in [6.45, 7) is 2.01. The maximum Gasteiger partial charge on any atom is 0.363 e. The van der Waals surface area contributed by atoms with Gasteiger partial charge >= 0.3 is 5.97 Å². The smallest absolute Gasteiger partial charge is 0.363 e. The van der Waals surface area contributed by atoms with Crippen molar-refractivity contribution < 1.29 is 14.3 Å². The summed E-state index contributed by atoms with van der Waals surface area (Å²) in [4.78, 5) is 16.5. The Balaban J connectivity index is 1.89. The lowest BCUT2D eigenvalue weighted by molar-refractivity contribution is -0.130. The lowest BCUT2D eigenvalue weighted by Gasteiger charge is -2.19. The van der Waals surface area contributed by atoms with Crippen molar-refractivity contribution >= 4 is 17.9 Å². The van der Waals surface area contributed by atoms with Gasteiger partial charge in [0.1, 0.15) is 5.75 Å². The Morgan fingerprint density at radius 1 is 1.27 bits per heavy atom. The molecular formula is C18H21NO3. The van der Waals surface area contributed by atoms with Crippen LogP contribution in [0.15, 0.2) is 28.9 Å². The SMILES string of the molecule is COc1ccc(C)cc1/C=C1/N=C(C2CCCCC2)OC1=O. The Labute approximate surface area is 130 Å². The van der Waals surface area contributed by atoms with Crippen LogP contribution in [-0.4, -0.2) is 19.0 Å². The molecule has 1 heterocycles. The summed E-state index contributed by atoms with van der Waals surface area (Å²) in [5, 5.41) is 0. The van der Waals surface area contributed by atoms with Gasteiger partial charge in [-0.25, -0.2) is 9.79 Å². The largest absolute Gasteiger partial charge is 0.496 e. The summed E-state index contributed by atoms with van der Waals surface area (Å²) in [5.41, 5.74) is 2.32. The molecule has 0 amide bonds. The molecule has 0 bridgehead atoms. The Morgan fingerprint density at radius 2 is 2.05 bits per heavy atom. The van der Waals surface area contributed by atoms with Crippen LogP contribution in [0.3, 0.4) is 0 Å². The summed E-state index contributed by atoms with van der Waals surface area (Å²) in [6, 6.07) is 5.85. The van der Waals surface area contributed by atoms with Gasteiger partial charge in [0.05, 0.1) is 7.11 Å². The van der Waals surface area contributed by atoms with Crippen LogP contribution in [0.25, 0.3) is 6.08 Å². The summed E-state index contributed by atoms with van der Waals surface area (Å²) < 4.78 is 10.7. The second kappa shape index (κ2) is 6.34. The van der Waals surface area contributed by atoms with Gasteiger partial charge in [-0.1, -0.05) is 30.9 Å². The van der Waals surface area contributed by atoms with E-state index in [-0.39, 0.29) is 5.97 Å². The van der Waals surface area contributed by atoms with Crippen molar-refractivity contribution in [2.45, 2.75) is 39.0 Å². The molecule has 3 rings (SSSR count). The van der Waals surface area contributed by atoms with E-state index in [4.69, 9.17) is 9.47 Å². The highest BCUT2D eigenvalue weighted by Crippen LogP contribution is 2.30. The first-order valence-electron chi connectivity index (χ1n) is 7.84. The van der Waals surface area contributed by atoms with E-state index >= 15 is 0 Å². The van der Waals surface area contributed by atoms with E-state index in [0.717, 1.165) is 29.7 Å². The summed E-state index contributed by atoms with van der Waals surface area (Å²) in [6.07, 6.45) is 7.52. The van der Waals surface area contributed by atoms with Crippen LogP contribution in [0.1, 0.15) is 43.2 Å². The number of aliphatic imine (C=N–C) groups is 1. The van der Waals surface area contributed by atoms with Gasteiger partial charge in [-0.15, -0.1) is 0 Å². The van der Waals surface area contributed by atoms with Crippen molar-refractivity contribution in [3.63, 3.8) is 0 Å². The molecule has 0 unspecified atom stereocenters. The van der Waals surface area contributed by atoms with Gasteiger partial charge in [0, 0.05) is 11.5 Å². The molecule has 0 atom stereocenters. The van der Waals surface area contributed by atoms with Gasteiger partial charge in [-0.05, 0) is 38.0 Å². The third-order valence-corrected chi connectivity index (χ3v) is 4.27. The van der Waals surface area contributed by atoms with Crippen LogP contribution in [0, 0.1) is 12.8 Å². The number of benzene rings is 1. The maximum absolute atomic E-state index is 12.1. The quantitative estimate of drug-likeness (QED) is 0.628. The highest BCUT2D eigenvalue weighted by Gasteiger charge is 2.30. The van der Waals surface area contributed by atoms with Crippen molar-refractivity contribution in [2.24, 2.45) is 10.9 Å². The van der Waals surface area contributed by atoms with Crippen molar-refractivity contribution in [1.29, 1.82) is 0 Å². The number of hydrogen-bond donors (Lipinski definition) is 0. The minimum absolute atomic E-state index is 0.294. The van der Waals surface area contributed by atoms with Crippen LogP contribution >= 0.6 is 0 Å². The van der Waals surface area contributed by atoms with E-state index in [0.29, 0.717) is 17.5 Å². The molecule has 116 valence electrons. The average molecular weight is 299 g/mol. The van der Waals surface area contributed by atoms with Gasteiger partial charge in [0.25, 0.3) is 0 Å². The van der Waals surface area contributed by atoms with Gasteiger partial charge in [0.2, 0.25) is 5.90 Å². The third-order valence-electron chi connectivity index (χ3n) is 4.27. The molecule has 0 saturated heterocycles. The Bertz CT molecular complexity index is 640. The topological polar surface area (TPSA) is 47.9 Å². The predicted octanol–water partition coefficient (Wildman–Crippen LogP) is 3.88. The Morgan fingerprint density at radius 3 is 2.77 bits per heavy atom. The Hall–Kier alpha value is -2.10. The summed E-state index contributed by atoms with van der Waals surface area (Å²) >= 11 is 0. The molecule has 1 aromatic carbocycles. The van der Waals surface area contributed by atoms with Crippen molar-refractivity contribution in [3.8, 4) is 5.75 Å². The van der Waals surface area contributed by atoms with Gasteiger partial charge in [-0.3, -0.25) is 0 Å². The van der Waals surface area contributed by atoms with Crippen molar-refractivity contribution in [3.05, 3.63) is 35.0 Å². The second-order valence-electron chi connectivity index (χ2n) is 5.95. The lowest BCUT2D eigenvalue weighted by atomic mass is 9.89. The summed E-state index contributed by atoms with van der Waals surface area (Å²) in [5.74, 6) is 1.27. The number of carbonyl (C=O) groups excluding carboxylic acids is 1. The van der Waals surface area contributed by atoms with Crippen LogP contribution in [0.2, 0.25) is 0 Å². The minimum Gasteiger partial charge on any atom is -0.496 e. The lowest BCUT2D eigenvalue weighted by Crippen LogP contribution is -2.19. The Kier molecular flexibility index (Phi) is 4.27. The molecule has 0 aromatic heterocycles.